The average molecular weight is 192 g/mol. The molecule has 0 spiro atoms. The minimum absolute atomic E-state index is 0.194. The van der Waals surface area contributed by atoms with Crippen LogP contribution in [0.3, 0.4) is 0 Å². The molecule has 1 rings (SSSR count). The van der Waals surface area contributed by atoms with E-state index in [0.717, 1.165) is 25.7 Å². The number of rotatable bonds is 2. The molecule has 1 aliphatic rings. The Morgan fingerprint density at radius 1 is 0.929 bits per heavy atom. The molecule has 6 nitrogen and oxygen atoms in total. The minimum atomic E-state index is -0.194. The van der Waals surface area contributed by atoms with Crippen LogP contribution in [0.5, 0.6) is 0 Å². The molecule has 0 N–H and O–H groups in total. The van der Waals surface area contributed by atoms with E-state index in [1.807, 2.05) is 0 Å². The first-order valence-corrected chi connectivity index (χ1v) is 4.62. The van der Waals surface area contributed by atoms with Crippen LogP contribution in [0.2, 0.25) is 0 Å². The van der Waals surface area contributed by atoms with Crippen molar-refractivity contribution in [2.24, 2.45) is 10.2 Å². The summed E-state index contributed by atoms with van der Waals surface area (Å²) >= 11 is 0. The van der Waals surface area contributed by atoms with E-state index in [9.17, 15) is 0 Å². The number of hydrogen-bond donors (Lipinski definition) is 0. The van der Waals surface area contributed by atoms with Crippen molar-refractivity contribution >= 4 is 0 Å². The molecule has 0 heterocycles. The van der Waals surface area contributed by atoms with E-state index >= 15 is 0 Å². The van der Waals surface area contributed by atoms with Gasteiger partial charge in [0.25, 0.3) is 0 Å². The van der Waals surface area contributed by atoms with Crippen molar-refractivity contribution in [1.29, 1.82) is 0 Å². The van der Waals surface area contributed by atoms with Gasteiger partial charge in [0.15, 0.2) is 0 Å². The summed E-state index contributed by atoms with van der Waals surface area (Å²) in [6.07, 6.45) is 7.41. The molecular weight excluding hydrogens is 180 g/mol. The van der Waals surface area contributed by atoms with Crippen LogP contribution >= 0.6 is 0 Å². The van der Waals surface area contributed by atoms with Gasteiger partial charge in [-0.1, -0.05) is 22.4 Å². The van der Waals surface area contributed by atoms with Crippen molar-refractivity contribution < 1.29 is 0 Å². The monoisotopic (exact) mass is 192 g/mol. The molecule has 0 amide bonds. The lowest BCUT2D eigenvalue weighted by molar-refractivity contribution is 0.465. The second-order valence-electron chi connectivity index (χ2n) is 3.17. The normalized spacial score (nSPS) is 26.6. The maximum absolute atomic E-state index is 8.37. The fourth-order valence-corrected chi connectivity index (χ4v) is 1.56. The maximum Gasteiger partial charge on any atom is 0.0461 e. The van der Waals surface area contributed by atoms with Crippen LogP contribution < -0.4 is 0 Å². The fraction of sp³-hybridized carbons (Fsp3) is 0.750. The minimum Gasteiger partial charge on any atom is -0.0902 e. The van der Waals surface area contributed by atoms with Crippen LogP contribution in [0, 0.1) is 0 Å². The average Bonchev–Trinajstić information content (AvgIpc) is 2.16. The van der Waals surface area contributed by atoms with Crippen LogP contribution in [-0.4, -0.2) is 12.1 Å². The highest BCUT2D eigenvalue weighted by atomic mass is 15.2. The molecule has 0 saturated carbocycles. The second-order valence-corrected chi connectivity index (χ2v) is 3.17. The molecule has 0 aromatic heterocycles. The predicted octanol–water partition coefficient (Wildman–Crippen LogP) is 3.47. The van der Waals surface area contributed by atoms with E-state index < -0.39 is 0 Å². The van der Waals surface area contributed by atoms with E-state index in [2.05, 4.69) is 32.2 Å². The summed E-state index contributed by atoms with van der Waals surface area (Å²) in [5.41, 5.74) is 16.7. The second kappa shape index (κ2) is 5.91. The third-order valence-electron chi connectivity index (χ3n) is 2.27. The Bertz CT molecular complexity index is 267. The SMILES string of the molecule is [N-]=[N+]=N[C@H]1CCC=CCC[C@H]1N=[N+]=[N-]. The zero-order valence-corrected chi connectivity index (χ0v) is 7.82. The lowest BCUT2D eigenvalue weighted by Crippen LogP contribution is -2.22. The Morgan fingerprint density at radius 2 is 1.36 bits per heavy atom. The Balaban J connectivity index is 2.76. The van der Waals surface area contributed by atoms with Gasteiger partial charge in [0.05, 0.1) is 0 Å². The number of nitrogens with zero attached hydrogens (tertiary/aromatic N) is 6. The molecular formula is C8H12N6. The molecule has 0 saturated heterocycles. The summed E-state index contributed by atoms with van der Waals surface area (Å²) in [5.74, 6) is 0. The summed E-state index contributed by atoms with van der Waals surface area (Å²) in [7, 11) is 0. The third-order valence-corrected chi connectivity index (χ3v) is 2.27. The van der Waals surface area contributed by atoms with E-state index in [1.165, 1.54) is 0 Å². The van der Waals surface area contributed by atoms with Crippen LogP contribution in [-0.2, 0) is 0 Å². The van der Waals surface area contributed by atoms with Crippen molar-refractivity contribution in [3.8, 4) is 0 Å². The Morgan fingerprint density at radius 3 is 1.71 bits per heavy atom. The molecule has 74 valence electrons. The van der Waals surface area contributed by atoms with Gasteiger partial charge in [-0.3, -0.25) is 0 Å². The molecule has 0 aromatic rings. The molecule has 0 fully saturated rings. The molecule has 2 atom stereocenters. The Hall–Kier alpha value is -1.64. The van der Waals surface area contributed by atoms with Gasteiger partial charge in [0.2, 0.25) is 0 Å². The van der Waals surface area contributed by atoms with E-state index in [1.54, 1.807) is 0 Å². The van der Waals surface area contributed by atoms with Crippen LogP contribution in [0.15, 0.2) is 22.4 Å². The smallest absolute Gasteiger partial charge is 0.0461 e. The van der Waals surface area contributed by atoms with Crippen molar-refractivity contribution in [3.05, 3.63) is 33.0 Å². The van der Waals surface area contributed by atoms with E-state index in [0.29, 0.717) is 0 Å². The first-order valence-electron chi connectivity index (χ1n) is 4.62. The molecule has 1 aliphatic carbocycles. The molecule has 0 aromatic carbocycles. The summed E-state index contributed by atoms with van der Waals surface area (Å²) in [4.78, 5) is 5.56. The van der Waals surface area contributed by atoms with Gasteiger partial charge < -0.3 is 0 Å². The standard InChI is InChI=1S/C8H12N6/c9-13-11-7-5-3-1-2-4-6-8(7)12-14-10/h1-2,7-8H,3-6H2/t7-,8+. The van der Waals surface area contributed by atoms with Crippen molar-refractivity contribution in [2.45, 2.75) is 37.8 Å². The highest BCUT2D eigenvalue weighted by molar-refractivity contribution is 4.93. The largest absolute Gasteiger partial charge is 0.0902 e. The lowest BCUT2D eigenvalue weighted by atomic mass is 9.97. The van der Waals surface area contributed by atoms with Crippen molar-refractivity contribution in [2.75, 3.05) is 0 Å². The predicted molar refractivity (Wildman–Crippen MR) is 53.5 cm³/mol. The fourth-order valence-electron chi connectivity index (χ4n) is 1.56. The van der Waals surface area contributed by atoms with Gasteiger partial charge >= 0.3 is 0 Å². The van der Waals surface area contributed by atoms with Gasteiger partial charge in [-0.2, -0.15) is 0 Å². The maximum atomic E-state index is 8.37. The molecule has 0 radical (unpaired) electrons. The zero-order chi connectivity index (χ0) is 10.2. The topological polar surface area (TPSA) is 97.5 Å². The van der Waals surface area contributed by atoms with Crippen molar-refractivity contribution in [3.63, 3.8) is 0 Å². The van der Waals surface area contributed by atoms with Gasteiger partial charge in [-0.25, -0.2) is 0 Å². The molecule has 6 heteroatoms. The first-order chi connectivity index (χ1) is 6.88. The summed E-state index contributed by atoms with van der Waals surface area (Å²) in [6, 6.07) is -0.387. The summed E-state index contributed by atoms with van der Waals surface area (Å²) in [6.45, 7) is 0. The molecule has 0 aliphatic heterocycles. The van der Waals surface area contributed by atoms with E-state index in [4.69, 9.17) is 11.1 Å². The molecule has 14 heavy (non-hydrogen) atoms. The highest BCUT2D eigenvalue weighted by Crippen LogP contribution is 2.19. The van der Waals surface area contributed by atoms with Crippen LogP contribution in [0.25, 0.3) is 20.9 Å². The number of azide groups is 2. The quantitative estimate of drug-likeness (QED) is 0.277. The van der Waals surface area contributed by atoms with Crippen molar-refractivity contribution in [1.82, 2.24) is 0 Å². The third kappa shape index (κ3) is 3.01. The van der Waals surface area contributed by atoms with Gasteiger partial charge in [-0.05, 0) is 36.7 Å². The van der Waals surface area contributed by atoms with Crippen LogP contribution in [0.1, 0.15) is 25.7 Å². The Labute approximate surface area is 81.9 Å². The van der Waals surface area contributed by atoms with Crippen LogP contribution in [0.4, 0.5) is 0 Å². The molecule has 0 bridgehead atoms. The summed E-state index contributed by atoms with van der Waals surface area (Å²) in [5, 5.41) is 7.33. The summed E-state index contributed by atoms with van der Waals surface area (Å²) < 4.78 is 0. The van der Waals surface area contributed by atoms with Gasteiger partial charge in [-0.15, -0.1) is 0 Å². The first kappa shape index (κ1) is 10.4. The van der Waals surface area contributed by atoms with E-state index in [-0.39, 0.29) is 12.1 Å². The zero-order valence-electron chi connectivity index (χ0n) is 7.82. The van der Waals surface area contributed by atoms with Gasteiger partial charge in [0, 0.05) is 21.9 Å². The lowest BCUT2D eigenvalue weighted by Gasteiger charge is -2.19. The Kier molecular flexibility index (Phi) is 4.41. The number of allylic oxidation sites excluding steroid dienone is 2. The number of hydrogen-bond acceptors (Lipinski definition) is 2. The van der Waals surface area contributed by atoms with Gasteiger partial charge in [0.1, 0.15) is 0 Å². The molecule has 0 unspecified atom stereocenters. The highest BCUT2D eigenvalue weighted by Gasteiger charge is 2.18.